The van der Waals surface area contributed by atoms with E-state index < -0.39 is 0 Å². The topological polar surface area (TPSA) is 39.4 Å². The van der Waals surface area contributed by atoms with E-state index in [-0.39, 0.29) is 12.1 Å². The van der Waals surface area contributed by atoms with Crippen LogP contribution in [-0.2, 0) is 9.53 Å². The summed E-state index contributed by atoms with van der Waals surface area (Å²) in [5.74, 6) is 0.566. The van der Waals surface area contributed by atoms with Crippen molar-refractivity contribution in [2.24, 2.45) is 0 Å². The lowest BCUT2D eigenvalue weighted by Gasteiger charge is -1.99. The van der Waals surface area contributed by atoms with Gasteiger partial charge in [0.2, 0.25) is 0 Å². The van der Waals surface area contributed by atoms with Gasteiger partial charge in [-0.2, -0.15) is 0 Å². The Kier molecular flexibility index (Phi) is 2.95. The van der Waals surface area contributed by atoms with Crippen molar-refractivity contribution in [3.05, 3.63) is 41.4 Å². The van der Waals surface area contributed by atoms with Crippen molar-refractivity contribution >= 4 is 12.0 Å². The van der Waals surface area contributed by atoms with Gasteiger partial charge >= 0.3 is 5.97 Å². The van der Waals surface area contributed by atoms with Crippen LogP contribution >= 0.6 is 0 Å². The molecule has 1 aromatic rings. The summed E-state index contributed by atoms with van der Waals surface area (Å²) in [6.45, 7) is 3.85. The zero-order valence-corrected chi connectivity index (χ0v) is 9.40. The van der Waals surface area contributed by atoms with E-state index in [0.717, 1.165) is 16.9 Å². The van der Waals surface area contributed by atoms with Gasteiger partial charge in [-0.3, -0.25) is 0 Å². The highest BCUT2D eigenvalue weighted by Gasteiger charge is 2.27. The Bertz CT molecular complexity index is 434. The summed E-state index contributed by atoms with van der Waals surface area (Å²) in [5, 5.41) is 0. The van der Waals surface area contributed by atoms with Crippen molar-refractivity contribution < 1.29 is 13.9 Å². The fraction of sp³-hybridized carbons (Fsp3) is 0.308. The molecule has 1 aliphatic heterocycles. The number of cyclic esters (lactones) is 1. The van der Waals surface area contributed by atoms with Gasteiger partial charge in [-0.15, -0.1) is 0 Å². The second kappa shape index (κ2) is 4.39. The highest BCUT2D eigenvalue weighted by atomic mass is 16.5. The summed E-state index contributed by atoms with van der Waals surface area (Å²) in [6, 6.07) is 3.68. The first-order valence-corrected chi connectivity index (χ1v) is 5.26. The Balaban J connectivity index is 2.05. The molecule has 0 radical (unpaired) electrons. The van der Waals surface area contributed by atoms with Crippen LogP contribution in [0.2, 0.25) is 0 Å². The Morgan fingerprint density at radius 2 is 2.31 bits per heavy atom. The number of carbonyl (C=O) groups is 1. The van der Waals surface area contributed by atoms with Gasteiger partial charge in [0.05, 0.1) is 6.26 Å². The third-order valence-corrected chi connectivity index (χ3v) is 2.53. The van der Waals surface area contributed by atoms with E-state index in [9.17, 15) is 4.79 Å². The predicted octanol–water partition coefficient (Wildman–Crippen LogP) is 2.94. The van der Waals surface area contributed by atoms with E-state index in [0.29, 0.717) is 6.42 Å². The summed E-state index contributed by atoms with van der Waals surface area (Å²) in [6.07, 6.45) is 5.78. The van der Waals surface area contributed by atoms with Gasteiger partial charge in [0.1, 0.15) is 11.9 Å². The molecule has 1 fully saturated rings. The van der Waals surface area contributed by atoms with Crippen LogP contribution in [-0.4, -0.2) is 12.1 Å². The second-order valence-electron chi connectivity index (χ2n) is 4.00. The van der Waals surface area contributed by atoms with Crippen molar-refractivity contribution in [2.75, 3.05) is 0 Å². The normalized spacial score (nSPS) is 20.5. The smallest absolute Gasteiger partial charge is 0.334 e. The zero-order valence-electron chi connectivity index (χ0n) is 9.40. The van der Waals surface area contributed by atoms with Gasteiger partial charge in [0.25, 0.3) is 0 Å². The van der Waals surface area contributed by atoms with Gasteiger partial charge in [-0.1, -0.05) is 5.57 Å². The van der Waals surface area contributed by atoms with E-state index in [4.69, 9.17) is 9.15 Å². The first-order valence-electron chi connectivity index (χ1n) is 5.26. The first-order chi connectivity index (χ1) is 7.66. The second-order valence-corrected chi connectivity index (χ2v) is 4.00. The van der Waals surface area contributed by atoms with Crippen LogP contribution in [0.5, 0.6) is 0 Å². The first kappa shape index (κ1) is 10.7. The maximum Gasteiger partial charge on any atom is 0.334 e. The minimum absolute atomic E-state index is 0.164. The number of hydrogen-bond donors (Lipinski definition) is 0. The lowest BCUT2D eigenvalue weighted by molar-refractivity contribution is -0.137. The third kappa shape index (κ3) is 2.24. The van der Waals surface area contributed by atoms with Gasteiger partial charge in [-0.05, 0) is 38.1 Å². The van der Waals surface area contributed by atoms with Crippen LogP contribution in [0.1, 0.15) is 26.0 Å². The molecule has 3 heteroatoms. The molecular weight excluding hydrogens is 204 g/mol. The number of carbonyl (C=O) groups excluding carboxylic acids is 1. The monoisotopic (exact) mass is 218 g/mol. The molecule has 1 aromatic heterocycles. The van der Waals surface area contributed by atoms with E-state index in [1.54, 1.807) is 6.26 Å². The fourth-order valence-corrected chi connectivity index (χ4v) is 1.64. The van der Waals surface area contributed by atoms with Crippen molar-refractivity contribution in [2.45, 2.75) is 26.4 Å². The molecule has 2 heterocycles. The Hall–Kier alpha value is -1.77. The Morgan fingerprint density at radius 1 is 1.50 bits per heavy atom. The van der Waals surface area contributed by atoms with Crippen molar-refractivity contribution in [1.82, 2.24) is 0 Å². The molecule has 0 aromatic carbocycles. The molecular formula is C13H14O3. The van der Waals surface area contributed by atoms with Crippen LogP contribution in [0.4, 0.5) is 0 Å². The Labute approximate surface area is 94.4 Å². The summed E-state index contributed by atoms with van der Waals surface area (Å²) in [5.41, 5.74) is 1.81. The fourth-order valence-electron chi connectivity index (χ4n) is 1.64. The van der Waals surface area contributed by atoms with Crippen molar-refractivity contribution in [3.8, 4) is 0 Å². The van der Waals surface area contributed by atoms with Crippen molar-refractivity contribution in [3.63, 3.8) is 0 Å². The number of furan rings is 1. The molecule has 3 nitrogen and oxygen atoms in total. The highest BCUT2D eigenvalue weighted by Crippen LogP contribution is 2.24. The number of ether oxygens (including phenoxy) is 1. The minimum atomic E-state index is -0.200. The van der Waals surface area contributed by atoms with Gasteiger partial charge in [0.15, 0.2) is 0 Å². The predicted molar refractivity (Wildman–Crippen MR) is 60.6 cm³/mol. The Morgan fingerprint density at radius 3 is 2.88 bits per heavy atom. The lowest BCUT2D eigenvalue weighted by Crippen LogP contribution is -2.02. The standard InChI is InChI=1S/C13H14O3/c1-9(2)12-8-11(16-13(12)14)6-5-10-4-3-7-15-10/h3-7,11H,8H2,1-2H3/b6-5+. The summed E-state index contributed by atoms with van der Waals surface area (Å²) in [4.78, 5) is 11.5. The van der Waals surface area contributed by atoms with E-state index in [1.165, 1.54) is 0 Å². The zero-order chi connectivity index (χ0) is 11.5. The molecule has 1 aliphatic rings. The average Bonchev–Trinajstić information content (AvgIpc) is 2.83. The maximum absolute atomic E-state index is 11.5. The van der Waals surface area contributed by atoms with E-state index >= 15 is 0 Å². The van der Waals surface area contributed by atoms with Crippen LogP contribution in [0.15, 0.2) is 40.0 Å². The SMILES string of the molecule is CC(C)=C1CC(/C=C/c2ccco2)OC1=O. The number of esters is 1. The quantitative estimate of drug-likeness (QED) is 0.566. The molecule has 0 bridgehead atoms. The molecule has 0 amide bonds. The highest BCUT2D eigenvalue weighted by molar-refractivity contribution is 5.91. The maximum atomic E-state index is 11.5. The number of hydrogen-bond acceptors (Lipinski definition) is 3. The molecule has 0 spiro atoms. The number of allylic oxidation sites excluding steroid dienone is 1. The molecule has 1 saturated heterocycles. The lowest BCUT2D eigenvalue weighted by atomic mass is 10.1. The average molecular weight is 218 g/mol. The van der Waals surface area contributed by atoms with Gasteiger partial charge in [0, 0.05) is 12.0 Å². The largest absolute Gasteiger partial charge is 0.465 e. The van der Waals surface area contributed by atoms with Crippen LogP contribution in [0.3, 0.4) is 0 Å². The summed E-state index contributed by atoms with van der Waals surface area (Å²) < 4.78 is 10.4. The number of rotatable bonds is 2. The van der Waals surface area contributed by atoms with Crippen LogP contribution in [0, 0.1) is 0 Å². The van der Waals surface area contributed by atoms with Crippen LogP contribution < -0.4 is 0 Å². The summed E-state index contributed by atoms with van der Waals surface area (Å²) in [7, 11) is 0. The molecule has 84 valence electrons. The molecule has 2 rings (SSSR count). The van der Waals surface area contributed by atoms with E-state index in [1.807, 2.05) is 38.1 Å². The van der Waals surface area contributed by atoms with Gasteiger partial charge < -0.3 is 9.15 Å². The molecule has 16 heavy (non-hydrogen) atoms. The molecule has 1 unspecified atom stereocenters. The molecule has 1 atom stereocenters. The molecule has 0 saturated carbocycles. The molecule has 0 N–H and O–H groups in total. The van der Waals surface area contributed by atoms with Crippen LogP contribution in [0.25, 0.3) is 6.08 Å². The molecule has 0 aliphatic carbocycles. The minimum Gasteiger partial charge on any atom is -0.465 e. The van der Waals surface area contributed by atoms with Gasteiger partial charge in [-0.25, -0.2) is 4.79 Å². The van der Waals surface area contributed by atoms with E-state index in [2.05, 4.69) is 0 Å². The third-order valence-electron chi connectivity index (χ3n) is 2.53. The van der Waals surface area contributed by atoms with Crippen molar-refractivity contribution in [1.29, 1.82) is 0 Å². The summed E-state index contributed by atoms with van der Waals surface area (Å²) >= 11 is 0.